The summed E-state index contributed by atoms with van der Waals surface area (Å²) in [6.45, 7) is 10.2. The van der Waals surface area contributed by atoms with E-state index in [4.69, 9.17) is 0 Å². The second-order valence-electron chi connectivity index (χ2n) is 8.19. The molecule has 1 aromatic carbocycles. The molecule has 154 valence electrons. The van der Waals surface area contributed by atoms with E-state index < -0.39 is 5.97 Å². The van der Waals surface area contributed by atoms with Gasteiger partial charge in [-0.15, -0.1) is 0 Å². The average Bonchev–Trinajstić information content (AvgIpc) is 2.60. The van der Waals surface area contributed by atoms with Crippen LogP contribution >= 0.6 is 0 Å². The molecule has 3 N–H and O–H groups in total. The lowest BCUT2D eigenvalue weighted by molar-refractivity contribution is 0.0692. The van der Waals surface area contributed by atoms with E-state index in [2.05, 4.69) is 13.5 Å². The van der Waals surface area contributed by atoms with Gasteiger partial charge in [0.25, 0.3) is 0 Å². The van der Waals surface area contributed by atoms with E-state index in [1.807, 2.05) is 19.9 Å². The summed E-state index contributed by atoms with van der Waals surface area (Å²) >= 11 is 0. The van der Waals surface area contributed by atoms with E-state index >= 15 is 0 Å². The Labute approximate surface area is 168 Å². The summed E-state index contributed by atoms with van der Waals surface area (Å²) in [5.74, 6) is -1.65. The zero-order valence-corrected chi connectivity index (χ0v) is 17.4. The van der Waals surface area contributed by atoms with Crippen molar-refractivity contribution in [2.24, 2.45) is 5.92 Å². The van der Waals surface area contributed by atoms with Crippen LogP contribution in [0.15, 0.2) is 29.9 Å². The third-order valence-electron chi connectivity index (χ3n) is 5.88. The molecule has 2 atom stereocenters. The molecule has 1 aromatic rings. The highest BCUT2D eigenvalue weighted by atomic mass is 16.4. The summed E-state index contributed by atoms with van der Waals surface area (Å²) in [5.41, 5.74) is 2.91. The SMILES string of the molecule is C=C(C)[C@@H]1CCC(C)=CC1c1c(O)cc(CCCCCCC)c(C(=O)O)c1O. The molecule has 1 aliphatic carbocycles. The molecule has 0 radical (unpaired) electrons. The van der Waals surface area contributed by atoms with Crippen LogP contribution in [-0.2, 0) is 6.42 Å². The summed E-state index contributed by atoms with van der Waals surface area (Å²) in [6.07, 6.45) is 9.67. The van der Waals surface area contributed by atoms with Gasteiger partial charge < -0.3 is 15.3 Å². The van der Waals surface area contributed by atoms with Crippen molar-refractivity contribution in [1.82, 2.24) is 0 Å². The minimum absolute atomic E-state index is 0.0201. The van der Waals surface area contributed by atoms with Crippen LogP contribution in [0.1, 0.15) is 93.1 Å². The molecule has 28 heavy (non-hydrogen) atoms. The number of carboxylic acid groups (broad SMARTS) is 1. The lowest BCUT2D eigenvalue weighted by Gasteiger charge is -2.32. The summed E-state index contributed by atoms with van der Waals surface area (Å²) in [4.78, 5) is 11.9. The Morgan fingerprint density at radius 2 is 1.89 bits per heavy atom. The number of phenols is 2. The largest absolute Gasteiger partial charge is 0.507 e. The molecule has 2 rings (SSSR count). The predicted octanol–water partition coefficient (Wildman–Crippen LogP) is 6.32. The van der Waals surface area contributed by atoms with Gasteiger partial charge in [-0.25, -0.2) is 4.79 Å². The Hall–Kier alpha value is -2.23. The summed E-state index contributed by atoms with van der Waals surface area (Å²) in [7, 11) is 0. The molecular weight excluding hydrogens is 352 g/mol. The highest BCUT2D eigenvalue weighted by molar-refractivity contribution is 5.94. The van der Waals surface area contributed by atoms with Crippen LogP contribution in [-0.4, -0.2) is 21.3 Å². The minimum atomic E-state index is -1.15. The molecular formula is C24H34O4. The number of hydrogen-bond acceptors (Lipinski definition) is 3. The quantitative estimate of drug-likeness (QED) is 0.342. The van der Waals surface area contributed by atoms with Crippen molar-refractivity contribution in [2.75, 3.05) is 0 Å². The van der Waals surface area contributed by atoms with Crippen molar-refractivity contribution in [2.45, 2.75) is 78.1 Å². The van der Waals surface area contributed by atoms with Crippen molar-refractivity contribution in [3.05, 3.63) is 46.6 Å². The molecule has 0 aliphatic heterocycles. The second-order valence-corrected chi connectivity index (χ2v) is 8.19. The normalized spacial score (nSPS) is 19.3. The van der Waals surface area contributed by atoms with Gasteiger partial charge in [0, 0.05) is 11.5 Å². The van der Waals surface area contributed by atoms with Crippen LogP contribution < -0.4 is 0 Å². The van der Waals surface area contributed by atoms with Gasteiger partial charge in [0.15, 0.2) is 0 Å². The minimum Gasteiger partial charge on any atom is -0.507 e. The van der Waals surface area contributed by atoms with E-state index in [1.165, 1.54) is 5.57 Å². The van der Waals surface area contributed by atoms with Crippen LogP contribution in [0.3, 0.4) is 0 Å². The number of rotatable bonds is 9. The number of unbranched alkanes of at least 4 members (excludes halogenated alkanes) is 4. The zero-order chi connectivity index (χ0) is 20.8. The number of carbonyl (C=O) groups is 1. The maximum atomic E-state index is 11.9. The average molecular weight is 387 g/mol. The monoisotopic (exact) mass is 386 g/mol. The Balaban J connectivity index is 2.43. The predicted molar refractivity (Wildman–Crippen MR) is 113 cm³/mol. The van der Waals surface area contributed by atoms with Gasteiger partial charge in [-0.3, -0.25) is 0 Å². The molecule has 0 bridgehead atoms. The Morgan fingerprint density at radius 1 is 1.21 bits per heavy atom. The number of benzene rings is 1. The Kier molecular flexibility index (Phi) is 7.73. The number of allylic oxidation sites excluding steroid dienone is 3. The van der Waals surface area contributed by atoms with Crippen molar-refractivity contribution < 1.29 is 20.1 Å². The first-order chi connectivity index (χ1) is 13.3. The van der Waals surface area contributed by atoms with E-state index in [0.717, 1.165) is 50.5 Å². The molecule has 1 aliphatic rings. The lowest BCUT2D eigenvalue weighted by Crippen LogP contribution is -2.18. The number of hydrogen-bond donors (Lipinski definition) is 3. The maximum absolute atomic E-state index is 11.9. The molecule has 1 unspecified atom stereocenters. The second kappa shape index (κ2) is 9.81. The van der Waals surface area contributed by atoms with Crippen LogP contribution in [0.5, 0.6) is 11.5 Å². The number of phenolic OH excluding ortho intramolecular Hbond substituents is 1. The molecule has 0 saturated heterocycles. The third kappa shape index (κ3) is 4.98. The standard InChI is InChI=1S/C24H34O4/c1-5-6-7-8-9-10-17-14-20(25)22(23(26)21(17)24(27)28)19-13-16(4)11-12-18(19)15(2)3/h13-14,18-19,25-26H,2,5-12H2,1,3-4H3,(H,27,28)/t18-,19?/m0/s1. The zero-order valence-electron chi connectivity index (χ0n) is 17.4. The Morgan fingerprint density at radius 3 is 2.50 bits per heavy atom. The first-order valence-corrected chi connectivity index (χ1v) is 10.4. The highest BCUT2D eigenvalue weighted by Crippen LogP contribution is 2.48. The molecule has 4 heteroatoms. The van der Waals surface area contributed by atoms with E-state index in [0.29, 0.717) is 17.5 Å². The van der Waals surface area contributed by atoms with Gasteiger partial charge in [0.1, 0.15) is 17.1 Å². The van der Waals surface area contributed by atoms with Gasteiger partial charge in [-0.05, 0) is 57.1 Å². The van der Waals surface area contributed by atoms with E-state index in [1.54, 1.807) is 6.07 Å². The summed E-state index contributed by atoms with van der Waals surface area (Å²) in [5, 5.41) is 31.4. The Bertz CT molecular complexity index is 760. The van der Waals surface area contributed by atoms with Crippen LogP contribution in [0.4, 0.5) is 0 Å². The third-order valence-corrected chi connectivity index (χ3v) is 5.88. The van der Waals surface area contributed by atoms with Gasteiger partial charge in [0.2, 0.25) is 0 Å². The first kappa shape index (κ1) is 22.1. The lowest BCUT2D eigenvalue weighted by atomic mass is 9.73. The van der Waals surface area contributed by atoms with Crippen molar-refractivity contribution in [3.8, 4) is 11.5 Å². The number of carboxylic acids is 1. The fraction of sp³-hybridized carbons (Fsp3) is 0.542. The first-order valence-electron chi connectivity index (χ1n) is 10.4. The maximum Gasteiger partial charge on any atom is 0.339 e. The van der Waals surface area contributed by atoms with Crippen molar-refractivity contribution in [3.63, 3.8) is 0 Å². The van der Waals surface area contributed by atoms with Gasteiger partial charge in [0.05, 0.1) is 0 Å². The van der Waals surface area contributed by atoms with Crippen molar-refractivity contribution >= 4 is 5.97 Å². The summed E-state index contributed by atoms with van der Waals surface area (Å²) in [6, 6.07) is 1.55. The van der Waals surface area contributed by atoms with Gasteiger partial charge in [-0.1, -0.05) is 56.4 Å². The van der Waals surface area contributed by atoms with Crippen LogP contribution in [0, 0.1) is 5.92 Å². The summed E-state index contributed by atoms with van der Waals surface area (Å²) < 4.78 is 0. The molecule has 0 heterocycles. The molecule has 0 amide bonds. The fourth-order valence-electron chi connectivity index (χ4n) is 4.31. The van der Waals surface area contributed by atoms with Crippen LogP contribution in [0.25, 0.3) is 0 Å². The molecule has 4 nitrogen and oxygen atoms in total. The van der Waals surface area contributed by atoms with E-state index in [9.17, 15) is 20.1 Å². The van der Waals surface area contributed by atoms with Gasteiger partial charge in [-0.2, -0.15) is 0 Å². The number of aromatic hydroxyl groups is 2. The van der Waals surface area contributed by atoms with Gasteiger partial charge >= 0.3 is 5.97 Å². The number of aryl methyl sites for hydroxylation is 1. The molecule has 0 spiro atoms. The van der Waals surface area contributed by atoms with Crippen LogP contribution in [0.2, 0.25) is 0 Å². The molecule has 0 aromatic heterocycles. The smallest absolute Gasteiger partial charge is 0.339 e. The molecule has 0 fully saturated rings. The topological polar surface area (TPSA) is 77.8 Å². The highest BCUT2D eigenvalue weighted by Gasteiger charge is 2.32. The number of aromatic carboxylic acids is 1. The van der Waals surface area contributed by atoms with E-state index in [-0.39, 0.29) is 28.9 Å². The van der Waals surface area contributed by atoms with Crippen molar-refractivity contribution in [1.29, 1.82) is 0 Å². The molecule has 0 saturated carbocycles. The fourth-order valence-corrected chi connectivity index (χ4v) is 4.31.